The Morgan fingerprint density at radius 1 is 1.10 bits per heavy atom. The van der Waals surface area contributed by atoms with E-state index < -0.39 is 0 Å². The van der Waals surface area contributed by atoms with Crippen molar-refractivity contribution in [1.29, 1.82) is 0 Å². The summed E-state index contributed by atoms with van der Waals surface area (Å²) in [5.41, 5.74) is 0. The van der Waals surface area contributed by atoms with Gasteiger partial charge in [-0.15, -0.1) is 12.4 Å². The average Bonchev–Trinajstić information content (AvgIpc) is 2.77. The Bertz CT molecular complexity index is 336. The Kier molecular flexibility index (Phi) is 6.36. The molecule has 1 amide bonds. The summed E-state index contributed by atoms with van der Waals surface area (Å²) < 4.78 is 0. The lowest BCUT2D eigenvalue weighted by molar-refractivity contribution is -0.132. The number of nitrogens with one attached hydrogen (secondary N) is 1. The minimum absolute atomic E-state index is 0. The number of nitrogens with zero attached hydrogens (tertiary/aromatic N) is 1. The van der Waals surface area contributed by atoms with Crippen LogP contribution in [-0.2, 0) is 4.79 Å². The number of hydrogen-bond acceptors (Lipinski definition) is 2. The number of carbonyl (C=O) groups is 1. The van der Waals surface area contributed by atoms with Crippen molar-refractivity contribution >= 4 is 18.3 Å². The fraction of sp³-hybridized carbons (Fsp3) is 0.941. The van der Waals surface area contributed by atoms with Crippen molar-refractivity contribution < 1.29 is 4.79 Å². The molecule has 0 spiro atoms. The van der Waals surface area contributed by atoms with Crippen LogP contribution in [0.15, 0.2) is 0 Å². The van der Waals surface area contributed by atoms with Crippen molar-refractivity contribution in [1.82, 2.24) is 10.2 Å². The minimum Gasteiger partial charge on any atom is -0.343 e. The third kappa shape index (κ3) is 4.35. The van der Waals surface area contributed by atoms with Crippen LogP contribution in [0, 0.1) is 23.7 Å². The normalized spacial score (nSPS) is 36.5. The van der Waals surface area contributed by atoms with E-state index in [1.807, 2.05) is 0 Å². The maximum absolute atomic E-state index is 12.6. The molecule has 0 aromatic carbocycles. The molecule has 0 aromatic rings. The monoisotopic (exact) mass is 314 g/mol. The van der Waals surface area contributed by atoms with E-state index >= 15 is 0 Å². The molecule has 3 rings (SSSR count). The van der Waals surface area contributed by atoms with Gasteiger partial charge in [0.15, 0.2) is 0 Å². The molecule has 122 valence electrons. The number of halogens is 1. The van der Waals surface area contributed by atoms with Gasteiger partial charge < -0.3 is 10.2 Å². The van der Waals surface area contributed by atoms with Crippen molar-refractivity contribution in [3.05, 3.63) is 0 Å². The highest BCUT2D eigenvalue weighted by Gasteiger charge is 2.32. The van der Waals surface area contributed by atoms with Crippen molar-refractivity contribution in [3.63, 3.8) is 0 Å². The SMILES string of the molecule is CC1CCCC(CC(=O)N2CC[C@@H]3CNC[C@@H]3CC2)C1.Cl. The van der Waals surface area contributed by atoms with E-state index in [1.165, 1.54) is 51.6 Å². The molecule has 3 nitrogen and oxygen atoms in total. The number of rotatable bonds is 2. The van der Waals surface area contributed by atoms with E-state index in [2.05, 4.69) is 17.1 Å². The maximum atomic E-state index is 12.6. The van der Waals surface area contributed by atoms with Gasteiger partial charge in [0.05, 0.1) is 0 Å². The smallest absolute Gasteiger partial charge is 0.222 e. The van der Waals surface area contributed by atoms with Crippen molar-refractivity contribution in [2.24, 2.45) is 23.7 Å². The van der Waals surface area contributed by atoms with Gasteiger partial charge in [-0.25, -0.2) is 0 Å². The summed E-state index contributed by atoms with van der Waals surface area (Å²) in [4.78, 5) is 14.7. The van der Waals surface area contributed by atoms with Crippen LogP contribution in [0.1, 0.15) is 51.9 Å². The Morgan fingerprint density at radius 2 is 1.76 bits per heavy atom. The predicted octanol–water partition coefficient (Wildman–Crippen LogP) is 3.08. The number of carbonyl (C=O) groups excluding carboxylic acids is 1. The third-order valence-electron chi connectivity index (χ3n) is 5.88. The molecular weight excluding hydrogens is 284 g/mol. The summed E-state index contributed by atoms with van der Waals surface area (Å²) in [6.07, 6.45) is 8.49. The largest absolute Gasteiger partial charge is 0.343 e. The molecule has 3 fully saturated rings. The van der Waals surface area contributed by atoms with Gasteiger partial charge in [0, 0.05) is 19.5 Å². The van der Waals surface area contributed by atoms with Crippen LogP contribution in [0.4, 0.5) is 0 Å². The molecule has 1 aliphatic carbocycles. The molecule has 1 saturated carbocycles. The lowest BCUT2D eigenvalue weighted by atomic mass is 9.80. The lowest BCUT2D eigenvalue weighted by Gasteiger charge is -2.29. The second kappa shape index (κ2) is 7.82. The van der Waals surface area contributed by atoms with Crippen molar-refractivity contribution in [2.45, 2.75) is 51.9 Å². The quantitative estimate of drug-likeness (QED) is 0.849. The van der Waals surface area contributed by atoms with Crippen LogP contribution < -0.4 is 5.32 Å². The van der Waals surface area contributed by atoms with Crippen molar-refractivity contribution in [2.75, 3.05) is 26.2 Å². The summed E-state index contributed by atoms with van der Waals surface area (Å²) in [6.45, 7) is 6.70. The number of likely N-dealkylation sites (tertiary alicyclic amines) is 1. The van der Waals surface area contributed by atoms with E-state index in [4.69, 9.17) is 0 Å². The molecule has 2 heterocycles. The highest BCUT2D eigenvalue weighted by Crippen LogP contribution is 2.32. The van der Waals surface area contributed by atoms with Crippen LogP contribution >= 0.6 is 12.4 Å². The first-order chi connectivity index (χ1) is 9.72. The summed E-state index contributed by atoms with van der Waals surface area (Å²) in [5, 5.41) is 3.50. The van der Waals surface area contributed by atoms with Gasteiger partial charge in [0.1, 0.15) is 0 Å². The fourth-order valence-corrected chi connectivity index (χ4v) is 4.59. The van der Waals surface area contributed by atoms with Crippen LogP contribution in [0.2, 0.25) is 0 Å². The van der Waals surface area contributed by atoms with Gasteiger partial charge in [-0.3, -0.25) is 4.79 Å². The summed E-state index contributed by atoms with van der Waals surface area (Å²) in [6, 6.07) is 0. The van der Waals surface area contributed by atoms with E-state index in [9.17, 15) is 4.79 Å². The second-order valence-electron chi connectivity index (χ2n) is 7.48. The number of amides is 1. The summed E-state index contributed by atoms with van der Waals surface area (Å²) in [7, 11) is 0. The third-order valence-corrected chi connectivity index (χ3v) is 5.88. The summed E-state index contributed by atoms with van der Waals surface area (Å²) in [5.74, 6) is 3.58. The van der Waals surface area contributed by atoms with Crippen LogP contribution in [0.25, 0.3) is 0 Å². The van der Waals surface area contributed by atoms with Gasteiger partial charge in [-0.2, -0.15) is 0 Å². The fourth-order valence-electron chi connectivity index (χ4n) is 4.59. The Morgan fingerprint density at radius 3 is 2.38 bits per heavy atom. The van der Waals surface area contributed by atoms with E-state index in [0.717, 1.165) is 37.3 Å². The van der Waals surface area contributed by atoms with Gasteiger partial charge >= 0.3 is 0 Å². The first kappa shape index (κ1) is 17.1. The molecule has 2 unspecified atom stereocenters. The highest BCUT2D eigenvalue weighted by molar-refractivity contribution is 5.85. The first-order valence-electron chi connectivity index (χ1n) is 8.71. The minimum atomic E-state index is 0. The zero-order valence-electron chi connectivity index (χ0n) is 13.4. The molecule has 0 aromatic heterocycles. The average molecular weight is 315 g/mol. The Labute approximate surface area is 135 Å². The van der Waals surface area contributed by atoms with Crippen LogP contribution in [0.5, 0.6) is 0 Å². The van der Waals surface area contributed by atoms with Crippen LogP contribution in [-0.4, -0.2) is 37.0 Å². The number of hydrogen-bond donors (Lipinski definition) is 1. The predicted molar refractivity (Wildman–Crippen MR) is 88.7 cm³/mol. The highest BCUT2D eigenvalue weighted by atomic mass is 35.5. The summed E-state index contributed by atoms with van der Waals surface area (Å²) >= 11 is 0. The first-order valence-corrected chi connectivity index (χ1v) is 8.71. The van der Waals surface area contributed by atoms with E-state index in [-0.39, 0.29) is 12.4 Å². The zero-order chi connectivity index (χ0) is 13.9. The molecule has 0 bridgehead atoms. The Balaban J connectivity index is 0.00000161. The van der Waals surface area contributed by atoms with Gasteiger partial charge in [-0.1, -0.05) is 19.8 Å². The standard InChI is InChI=1S/C17H30N2O.ClH/c1-13-3-2-4-14(9-13)10-17(20)19-7-5-15-11-18-12-16(15)6-8-19;/h13-16,18H,2-12H2,1H3;1H/t13?,14?,15-,16+;. The van der Waals surface area contributed by atoms with Crippen LogP contribution in [0.3, 0.4) is 0 Å². The van der Waals surface area contributed by atoms with Gasteiger partial charge in [-0.05, 0) is 62.4 Å². The zero-order valence-corrected chi connectivity index (χ0v) is 14.2. The van der Waals surface area contributed by atoms with Crippen molar-refractivity contribution in [3.8, 4) is 0 Å². The Hall–Kier alpha value is -0.280. The molecular formula is C17H31ClN2O. The molecule has 21 heavy (non-hydrogen) atoms. The molecule has 4 atom stereocenters. The maximum Gasteiger partial charge on any atom is 0.222 e. The second-order valence-corrected chi connectivity index (χ2v) is 7.48. The molecule has 2 saturated heterocycles. The van der Waals surface area contributed by atoms with Gasteiger partial charge in [0.2, 0.25) is 5.91 Å². The van der Waals surface area contributed by atoms with E-state index in [1.54, 1.807) is 0 Å². The molecule has 3 aliphatic rings. The lowest BCUT2D eigenvalue weighted by Crippen LogP contribution is -2.34. The number of fused-ring (bicyclic) bond motifs is 1. The molecule has 1 N–H and O–H groups in total. The topological polar surface area (TPSA) is 32.3 Å². The molecule has 2 aliphatic heterocycles. The molecule has 0 radical (unpaired) electrons. The molecule has 4 heteroatoms. The van der Waals surface area contributed by atoms with Gasteiger partial charge in [0.25, 0.3) is 0 Å². The van der Waals surface area contributed by atoms with E-state index in [0.29, 0.717) is 11.8 Å².